The van der Waals surface area contributed by atoms with Crippen LogP contribution in [0.5, 0.6) is 0 Å². The third kappa shape index (κ3) is 3.21. The lowest BCUT2D eigenvalue weighted by Crippen LogP contribution is -2.33. The van der Waals surface area contributed by atoms with Crippen LogP contribution in [-0.2, 0) is 16.6 Å². The van der Waals surface area contributed by atoms with Gasteiger partial charge < -0.3 is 10.2 Å². The van der Waals surface area contributed by atoms with Gasteiger partial charge in [0.25, 0.3) is 0 Å². The Morgan fingerprint density at radius 1 is 1.32 bits per heavy atom. The van der Waals surface area contributed by atoms with E-state index in [0.29, 0.717) is 16.9 Å². The molecule has 0 unspecified atom stereocenters. The number of amides is 2. The van der Waals surface area contributed by atoms with E-state index in [1.165, 1.54) is 9.58 Å². The summed E-state index contributed by atoms with van der Waals surface area (Å²) in [6.45, 7) is 0.288. The van der Waals surface area contributed by atoms with Crippen LogP contribution in [0.1, 0.15) is 11.6 Å². The van der Waals surface area contributed by atoms with Crippen molar-refractivity contribution in [2.24, 2.45) is 13.0 Å². The molecule has 3 rings (SSSR count). The van der Waals surface area contributed by atoms with Gasteiger partial charge in [0, 0.05) is 32.6 Å². The van der Waals surface area contributed by atoms with E-state index >= 15 is 0 Å². The number of halogens is 3. The SMILES string of the molecule is CN1C[C@H](c2cc(Cl)n(C)n2)[C@@H](C(=O)Nc2ccc(F)cc2F)C1=O. The minimum Gasteiger partial charge on any atom is -0.344 e. The first kappa shape index (κ1) is 17.3. The highest BCUT2D eigenvalue weighted by molar-refractivity contribution is 6.29. The maximum Gasteiger partial charge on any atom is 0.237 e. The molecule has 1 aromatic heterocycles. The molecule has 0 bridgehead atoms. The van der Waals surface area contributed by atoms with Gasteiger partial charge >= 0.3 is 0 Å². The van der Waals surface area contributed by atoms with Gasteiger partial charge in [0.15, 0.2) is 0 Å². The number of rotatable bonds is 3. The van der Waals surface area contributed by atoms with Crippen molar-refractivity contribution in [3.05, 3.63) is 46.7 Å². The zero-order chi connectivity index (χ0) is 18.3. The number of hydrogen-bond donors (Lipinski definition) is 1. The lowest BCUT2D eigenvalue weighted by atomic mass is 9.91. The summed E-state index contributed by atoms with van der Waals surface area (Å²) in [5.74, 6) is -4.32. The molecule has 1 fully saturated rings. The highest BCUT2D eigenvalue weighted by Gasteiger charge is 2.45. The van der Waals surface area contributed by atoms with Crippen molar-refractivity contribution < 1.29 is 18.4 Å². The van der Waals surface area contributed by atoms with Gasteiger partial charge in [-0.25, -0.2) is 8.78 Å². The van der Waals surface area contributed by atoms with Crippen LogP contribution in [0, 0.1) is 17.6 Å². The molecule has 0 saturated carbocycles. The van der Waals surface area contributed by atoms with Crippen molar-refractivity contribution in [2.75, 3.05) is 18.9 Å². The van der Waals surface area contributed by atoms with E-state index in [4.69, 9.17) is 11.6 Å². The molecule has 1 aliphatic rings. The Hall–Kier alpha value is -2.48. The highest BCUT2D eigenvalue weighted by atomic mass is 35.5. The smallest absolute Gasteiger partial charge is 0.237 e. The molecule has 0 spiro atoms. The largest absolute Gasteiger partial charge is 0.344 e. The molecule has 2 heterocycles. The van der Waals surface area contributed by atoms with E-state index in [1.807, 2.05) is 0 Å². The molecule has 1 aromatic carbocycles. The molecule has 1 saturated heterocycles. The predicted molar refractivity (Wildman–Crippen MR) is 87.1 cm³/mol. The van der Waals surface area contributed by atoms with Gasteiger partial charge in [-0.15, -0.1) is 0 Å². The standard InChI is InChI=1S/C16H15ClF2N4O2/c1-22-7-9(12-6-13(17)23(2)21-12)14(16(22)25)15(24)20-11-4-3-8(18)5-10(11)19/h3-6,9,14H,7H2,1-2H3,(H,20,24)/t9-,14+/m1/s1. The third-order valence-corrected chi connectivity index (χ3v) is 4.56. The lowest BCUT2D eigenvalue weighted by Gasteiger charge is -2.15. The average molecular weight is 369 g/mol. The molecule has 132 valence electrons. The summed E-state index contributed by atoms with van der Waals surface area (Å²) >= 11 is 5.99. The molecular formula is C16H15ClF2N4O2. The van der Waals surface area contributed by atoms with Crippen LogP contribution < -0.4 is 5.32 Å². The Bertz CT molecular complexity index is 835. The van der Waals surface area contributed by atoms with E-state index < -0.39 is 35.3 Å². The Morgan fingerprint density at radius 2 is 2.04 bits per heavy atom. The number of nitrogens with zero attached hydrogens (tertiary/aromatic N) is 3. The molecule has 25 heavy (non-hydrogen) atoms. The van der Waals surface area contributed by atoms with Crippen LogP contribution in [0.3, 0.4) is 0 Å². The third-order valence-electron chi connectivity index (χ3n) is 4.21. The van der Waals surface area contributed by atoms with Crippen molar-refractivity contribution in [3.8, 4) is 0 Å². The minimum atomic E-state index is -1.07. The highest BCUT2D eigenvalue weighted by Crippen LogP contribution is 2.34. The zero-order valence-electron chi connectivity index (χ0n) is 13.5. The quantitative estimate of drug-likeness (QED) is 0.844. The van der Waals surface area contributed by atoms with E-state index in [1.54, 1.807) is 20.2 Å². The van der Waals surface area contributed by atoms with Gasteiger partial charge in [-0.05, 0) is 18.2 Å². The minimum absolute atomic E-state index is 0.188. The number of aromatic nitrogens is 2. The first-order valence-electron chi connectivity index (χ1n) is 7.48. The van der Waals surface area contributed by atoms with E-state index in [2.05, 4.69) is 10.4 Å². The lowest BCUT2D eigenvalue weighted by molar-refractivity contribution is -0.135. The number of likely N-dealkylation sites (N-methyl/N-ethyl adjacent to an activating group) is 1. The Morgan fingerprint density at radius 3 is 2.64 bits per heavy atom. The van der Waals surface area contributed by atoms with E-state index in [0.717, 1.165) is 12.1 Å². The molecule has 1 N–H and O–H groups in total. The summed E-state index contributed by atoms with van der Waals surface area (Å²) in [6.07, 6.45) is 0. The molecule has 9 heteroatoms. The fourth-order valence-electron chi connectivity index (χ4n) is 2.91. The first-order chi connectivity index (χ1) is 11.8. The van der Waals surface area contributed by atoms with Crippen LogP contribution >= 0.6 is 11.6 Å². The Balaban J connectivity index is 1.88. The molecule has 2 aromatic rings. The predicted octanol–water partition coefficient (Wildman–Crippen LogP) is 2.16. The maximum atomic E-state index is 13.8. The van der Waals surface area contributed by atoms with Crippen molar-refractivity contribution in [1.82, 2.24) is 14.7 Å². The van der Waals surface area contributed by atoms with Gasteiger partial charge in [-0.3, -0.25) is 14.3 Å². The molecule has 2 atom stereocenters. The van der Waals surface area contributed by atoms with E-state index in [9.17, 15) is 18.4 Å². The first-order valence-corrected chi connectivity index (χ1v) is 7.86. The van der Waals surface area contributed by atoms with Crippen molar-refractivity contribution in [3.63, 3.8) is 0 Å². The number of aryl methyl sites for hydroxylation is 1. The van der Waals surface area contributed by atoms with Gasteiger partial charge in [0.05, 0.1) is 11.4 Å². The van der Waals surface area contributed by atoms with Crippen LogP contribution in [0.25, 0.3) is 0 Å². The second-order valence-corrected chi connectivity index (χ2v) is 6.32. The fraction of sp³-hybridized carbons (Fsp3) is 0.312. The number of hydrogen-bond acceptors (Lipinski definition) is 3. The summed E-state index contributed by atoms with van der Waals surface area (Å²) in [4.78, 5) is 26.4. The second-order valence-electron chi connectivity index (χ2n) is 5.93. The van der Waals surface area contributed by atoms with E-state index in [-0.39, 0.29) is 12.2 Å². The van der Waals surface area contributed by atoms with Gasteiger partial charge in [0.2, 0.25) is 11.8 Å². The molecular weight excluding hydrogens is 354 g/mol. The molecule has 0 aliphatic carbocycles. The van der Waals surface area contributed by atoms with Crippen LogP contribution in [0.4, 0.5) is 14.5 Å². The summed E-state index contributed by atoms with van der Waals surface area (Å²) in [7, 11) is 3.22. The molecule has 0 radical (unpaired) electrons. The van der Waals surface area contributed by atoms with Crippen LogP contribution in [0.15, 0.2) is 24.3 Å². The summed E-state index contributed by atoms with van der Waals surface area (Å²) in [5, 5.41) is 6.96. The normalized spacial score (nSPS) is 20.2. The summed E-state index contributed by atoms with van der Waals surface area (Å²) in [6, 6.07) is 4.39. The summed E-state index contributed by atoms with van der Waals surface area (Å²) in [5.41, 5.74) is 0.316. The zero-order valence-corrected chi connectivity index (χ0v) is 14.2. The van der Waals surface area contributed by atoms with Crippen molar-refractivity contribution >= 4 is 29.1 Å². The summed E-state index contributed by atoms with van der Waals surface area (Å²) < 4.78 is 28.2. The van der Waals surface area contributed by atoms with Crippen molar-refractivity contribution in [2.45, 2.75) is 5.92 Å². The van der Waals surface area contributed by atoms with Crippen LogP contribution in [-0.4, -0.2) is 40.1 Å². The molecule has 1 aliphatic heterocycles. The Labute approximate surface area is 147 Å². The van der Waals surface area contributed by atoms with Crippen LogP contribution in [0.2, 0.25) is 5.15 Å². The topological polar surface area (TPSA) is 67.2 Å². The Kier molecular flexibility index (Phi) is 4.47. The number of benzene rings is 1. The van der Waals surface area contributed by atoms with Gasteiger partial charge in [-0.2, -0.15) is 5.10 Å². The number of anilines is 1. The monoisotopic (exact) mass is 368 g/mol. The number of likely N-dealkylation sites (tertiary alicyclic amines) is 1. The van der Waals surface area contributed by atoms with Crippen molar-refractivity contribution in [1.29, 1.82) is 0 Å². The number of nitrogens with one attached hydrogen (secondary N) is 1. The molecule has 6 nitrogen and oxygen atoms in total. The maximum absolute atomic E-state index is 13.8. The molecule has 2 amide bonds. The van der Waals surface area contributed by atoms with Gasteiger partial charge in [0.1, 0.15) is 22.7 Å². The number of carbonyl (C=O) groups is 2. The van der Waals surface area contributed by atoms with Gasteiger partial charge in [-0.1, -0.05) is 11.6 Å². The average Bonchev–Trinajstić information content (AvgIpc) is 3.03. The fourth-order valence-corrected chi connectivity index (χ4v) is 3.06. The number of carbonyl (C=O) groups excluding carboxylic acids is 2. The second kappa shape index (κ2) is 6.44.